The zero-order chi connectivity index (χ0) is 10.7. The molecule has 0 bridgehead atoms. The van der Waals surface area contributed by atoms with E-state index in [0.717, 1.165) is 5.56 Å². The molecule has 14 heavy (non-hydrogen) atoms. The monoisotopic (exact) mass is 194 g/mol. The fourth-order valence-corrected chi connectivity index (χ4v) is 1.43. The molecule has 1 aromatic carbocycles. The van der Waals surface area contributed by atoms with Crippen molar-refractivity contribution in [1.29, 1.82) is 0 Å². The summed E-state index contributed by atoms with van der Waals surface area (Å²) in [6.07, 6.45) is 0.679. The molecule has 0 aliphatic heterocycles. The number of hydrogen-bond donors (Lipinski definition) is 0. The van der Waals surface area contributed by atoms with Gasteiger partial charge in [-0.2, -0.15) is 0 Å². The molecule has 0 atom stereocenters. The van der Waals surface area contributed by atoms with E-state index in [9.17, 15) is 10.1 Å². The topological polar surface area (TPSA) is 46.4 Å². The van der Waals surface area contributed by atoms with Crippen LogP contribution in [0.5, 0.6) is 0 Å². The van der Waals surface area contributed by atoms with Gasteiger partial charge >= 0.3 is 0 Å². The summed E-state index contributed by atoms with van der Waals surface area (Å²) in [4.78, 5) is 12.3. The minimum absolute atomic E-state index is 0.222. The Hall–Kier alpha value is -1.58. The van der Waals surface area contributed by atoms with Crippen molar-refractivity contribution in [2.45, 2.75) is 13.3 Å². The first-order valence-electron chi connectivity index (χ1n) is 4.51. The smallest absolute Gasteiger partial charge is 0.295 e. The van der Waals surface area contributed by atoms with Crippen molar-refractivity contribution < 1.29 is 4.92 Å². The van der Waals surface area contributed by atoms with Crippen LogP contribution < -0.4 is 4.90 Å². The van der Waals surface area contributed by atoms with Gasteiger partial charge in [0, 0.05) is 19.7 Å². The molecule has 0 aromatic heterocycles. The van der Waals surface area contributed by atoms with E-state index in [-0.39, 0.29) is 10.6 Å². The predicted octanol–water partition coefficient (Wildman–Crippen LogP) is 2.22. The van der Waals surface area contributed by atoms with Gasteiger partial charge in [-0.25, -0.2) is 0 Å². The Bertz CT molecular complexity index is 348. The maximum atomic E-state index is 10.9. The predicted molar refractivity (Wildman–Crippen MR) is 56.8 cm³/mol. The molecule has 0 N–H and O–H groups in total. The van der Waals surface area contributed by atoms with E-state index < -0.39 is 0 Å². The Morgan fingerprint density at radius 2 is 2.07 bits per heavy atom. The average molecular weight is 194 g/mol. The third-order valence-electron chi connectivity index (χ3n) is 2.14. The molecule has 0 saturated heterocycles. The Morgan fingerprint density at radius 1 is 1.43 bits per heavy atom. The largest absolute Gasteiger partial charge is 0.372 e. The zero-order valence-corrected chi connectivity index (χ0v) is 8.65. The highest BCUT2D eigenvalue weighted by Gasteiger charge is 2.18. The van der Waals surface area contributed by atoms with Gasteiger partial charge in [-0.3, -0.25) is 10.1 Å². The number of rotatable bonds is 3. The highest BCUT2D eigenvalue weighted by molar-refractivity contribution is 5.66. The third-order valence-corrected chi connectivity index (χ3v) is 2.14. The molecule has 1 aromatic rings. The van der Waals surface area contributed by atoms with Gasteiger partial charge in [0.2, 0.25) is 0 Å². The lowest BCUT2D eigenvalue weighted by Gasteiger charge is -2.13. The van der Waals surface area contributed by atoms with E-state index in [2.05, 4.69) is 0 Å². The van der Waals surface area contributed by atoms with Crippen molar-refractivity contribution in [2.75, 3.05) is 19.0 Å². The Kier molecular flexibility index (Phi) is 3.06. The number of anilines is 1. The molecular formula is C10H14N2O2. The van der Waals surface area contributed by atoms with E-state index in [0.29, 0.717) is 12.1 Å². The van der Waals surface area contributed by atoms with E-state index in [1.54, 1.807) is 17.0 Å². The van der Waals surface area contributed by atoms with Crippen LogP contribution in [-0.4, -0.2) is 19.0 Å². The molecular weight excluding hydrogens is 180 g/mol. The molecule has 0 aliphatic carbocycles. The molecule has 4 heteroatoms. The van der Waals surface area contributed by atoms with E-state index in [4.69, 9.17) is 0 Å². The number of benzene rings is 1. The van der Waals surface area contributed by atoms with Crippen molar-refractivity contribution >= 4 is 11.4 Å². The number of nitro groups is 1. The second kappa shape index (κ2) is 4.09. The summed E-state index contributed by atoms with van der Waals surface area (Å²) in [6, 6.07) is 5.41. The fraction of sp³-hybridized carbons (Fsp3) is 0.400. The van der Waals surface area contributed by atoms with Crippen molar-refractivity contribution in [1.82, 2.24) is 0 Å². The highest BCUT2D eigenvalue weighted by Crippen LogP contribution is 2.30. The van der Waals surface area contributed by atoms with E-state index >= 15 is 0 Å². The van der Waals surface area contributed by atoms with Crippen LogP contribution in [0.15, 0.2) is 18.2 Å². The lowest BCUT2D eigenvalue weighted by atomic mass is 10.1. The van der Waals surface area contributed by atoms with E-state index in [1.807, 2.05) is 27.1 Å². The summed E-state index contributed by atoms with van der Waals surface area (Å²) in [5, 5.41) is 10.9. The number of aryl methyl sites for hydroxylation is 1. The van der Waals surface area contributed by atoms with Crippen LogP contribution in [-0.2, 0) is 6.42 Å². The Labute approximate surface area is 83.3 Å². The summed E-state index contributed by atoms with van der Waals surface area (Å²) >= 11 is 0. The molecule has 0 spiro atoms. The summed E-state index contributed by atoms with van der Waals surface area (Å²) in [5.74, 6) is 0. The lowest BCUT2D eigenvalue weighted by Crippen LogP contribution is -2.12. The minimum atomic E-state index is -0.311. The second-order valence-electron chi connectivity index (χ2n) is 3.29. The molecule has 4 nitrogen and oxygen atoms in total. The zero-order valence-electron chi connectivity index (χ0n) is 8.65. The van der Waals surface area contributed by atoms with Crippen molar-refractivity contribution in [3.05, 3.63) is 33.9 Å². The van der Waals surface area contributed by atoms with Gasteiger partial charge in [-0.05, 0) is 12.5 Å². The van der Waals surface area contributed by atoms with Gasteiger partial charge in [0.15, 0.2) is 0 Å². The molecule has 76 valence electrons. The molecule has 0 unspecified atom stereocenters. The fourth-order valence-electron chi connectivity index (χ4n) is 1.43. The first-order chi connectivity index (χ1) is 6.57. The van der Waals surface area contributed by atoms with Crippen LogP contribution in [0.1, 0.15) is 12.5 Å². The summed E-state index contributed by atoms with van der Waals surface area (Å²) in [6.45, 7) is 1.92. The first kappa shape index (κ1) is 10.5. The van der Waals surface area contributed by atoms with Crippen LogP contribution in [0.25, 0.3) is 0 Å². The molecule has 0 heterocycles. The third kappa shape index (κ3) is 1.84. The maximum absolute atomic E-state index is 10.9. The highest BCUT2D eigenvalue weighted by atomic mass is 16.6. The van der Waals surface area contributed by atoms with E-state index in [1.165, 1.54) is 0 Å². The summed E-state index contributed by atoms with van der Waals surface area (Å²) in [7, 11) is 3.61. The molecule has 0 amide bonds. The van der Waals surface area contributed by atoms with Crippen LogP contribution >= 0.6 is 0 Å². The number of hydrogen-bond acceptors (Lipinski definition) is 3. The van der Waals surface area contributed by atoms with Crippen molar-refractivity contribution in [2.24, 2.45) is 0 Å². The quantitative estimate of drug-likeness (QED) is 0.547. The van der Waals surface area contributed by atoms with Crippen LogP contribution in [0, 0.1) is 10.1 Å². The summed E-state index contributed by atoms with van der Waals surface area (Å²) < 4.78 is 0. The van der Waals surface area contributed by atoms with Gasteiger partial charge in [-0.15, -0.1) is 0 Å². The molecule has 0 aliphatic rings. The van der Waals surface area contributed by atoms with Gasteiger partial charge in [0.25, 0.3) is 5.69 Å². The molecule has 1 rings (SSSR count). The summed E-state index contributed by atoms with van der Waals surface area (Å²) in [5.41, 5.74) is 1.66. The Balaban J connectivity index is 3.35. The second-order valence-corrected chi connectivity index (χ2v) is 3.29. The lowest BCUT2D eigenvalue weighted by molar-refractivity contribution is -0.384. The number of para-hydroxylation sites is 1. The van der Waals surface area contributed by atoms with Gasteiger partial charge in [0.1, 0.15) is 5.69 Å². The average Bonchev–Trinajstić information content (AvgIpc) is 2.16. The SMILES string of the molecule is CCc1cccc(N(C)C)c1[N+](=O)[O-]. The van der Waals surface area contributed by atoms with Crippen LogP contribution in [0.4, 0.5) is 11.4 Å². The molecule has 0 saturated carbocycles. The normalized spacial score (nSPS) is 9.93. The molecule has 0 fully saturated rings. The number of nitro benzene ring substituents is 1. The first-order valence-corrected chi connectivity index (χ1v) is 4.51. The number of nitrogens with zero attached hydrogens (tertiary/aromatic N) is 2. The van der Waals surface area contributed by atoms with Crippen molar-refractivity contribution in [3.8, 4) is 0 Å². The standard InChI is InChI=1S/C10H14N2O2/c1-4-8-6-5-7-9(11(2)3)10(8)12(13)14/h5-7H,4H2,1-3H3. The Morgan fingerprint density at radius 3 is 2.50 bits per heavy atom. The van der Waals surface area contributed by atoms with Gasteiger partial charge < -0.3 is 4.90 Å². The maximum Gasteiger partial charge on any atom is 0.295 e. The van der Waals surface area contributed by atoms with Crippen LogP contribution in [0.2, 0.25) is 0 Å². The van der Waals surface area contributed by atoms with Crippen molar-refractivity contribution in [3.63, 3.8) is 0 Å². The van der Waals surface area contributed by atoms with Gasteiger partial charge in [-0.1, -0.05) is 19.1 Å². The van der Waals surface area contributed by atoms with Crippen LogP contribution in [0.3, 0.4) is 0 Å². The molecule has 0 radical (unpaired) electrons. The minimum Gasteiger partial charge on any atom is -0.372 e. The van der Waals surface area contributed by atoms with Gasteiger partial charge in [0.05, 0.1) is 4.92 Å².